The molecule has 0 aliphatic carbocycles. The Balaban J connectivity index is 2.06. The lowest BCUT2D eigenvalue weighted by atomic mass is 9.76. The molecule has 1 aromatic rings. The van der Waals surface area contributed by atoms with Crippen LogP contribution in [-0.2, 0) is 4.79 Å². The van der Waals surface area contributed by atoms with Gasteiger partial charge in [0.2, 0.25) is 11.0 Å². The third kappa shape index (κ3) is 2.81. The third-order valence-corrected chi connectivity index (χ3v) is 3.87. The average Bonchev–Trinajstić information content (AvgIpc) is 2.83. The molecule has 1 aliphatic heterocycles. The topological polar surface area (TPSA) is 66.9 Å². The van der Waals surface area contributed by atoms with E-state index >= 15 is 0 Å². The molecule has 94 valence electrons. The van der Waals surface area contributed by atoms with E-state index in [0.717, 1.165) is 38.8 Å². The van der Waals surface area contributed by atoms with Crippen LogP contribution in [0, 0.1) is 5.41 Å². The Labute approximate surface area is 105 Å². The van der Waals surface area contributed by atoms with Crippen LogP contribution in [0.1, 0.15) is 32.6 Å². The van der Waals surface area contributed by atoms with Crippen molar-refractivity contribution in [2.24, 2.45) is 5.41 Å². The van der Waals surface area contributed by atoms with E-state index in [2.05, 4.69) is 27.8 Å². The molecule has 1 amide bonds. The summed E-state index contributed by atoms with van der Waals surface area (Å²) in [5.74, 6) is 0.0864. The standard InChI is InChI=1S/C11H18N4OS/c1-2-4-11(5-3-6-12-7-11)9(16)14-10-15-13-8-17-10/h8,12H,2-7H2,1H3,(H,14,15,16). The Hall–Kier alpha value is -1.01. The number of nitrogens with zero attached hydrogens (tertiary/aromatic N) is 2. The van der Waals surface area contributed by atoms with E-state index in [1.54, 1.807) is 5.51 Å². The first kappa shape index (κ1) is 12.4. The molecular formula is C11H18N4OS. The van der Waals surface area contributed by atoms with Crippen LogP contribution < -0.4 is 10.6 Å². The van der Waals surface area contributed by atoms with Gasteiger partial charge in [-0.15, -0.1) is 10.2 Å². The second-order valence-electron chi connectivity index (χ2n) is 4.51. The van der Waals surface area contributed by atoms with Crippen molar-refractivity contribution >= 4 is 22.4 Å². The molecule has 1 aromatic heterocycles. The molecule has 0 bridgehead atoms. The summed E-state index contributed by atoms with van der Waals surface area (Å²) in [5, 5.41) is 14.4. The van der Waals surface area contributed by atoms with E-state index in [0.29, 0.717) is 5.13 Å². The van der Waals surface area contributed by atoms with E-state index in [4.69, 9.17) is 0 Å². The van der Waals surface area contributed by atoms with E-state index in [1.165, 1.54) is 11.3 Å². The largest absolute Gasteiger partial charge is 0.316 e. The minimum absolute atomic E-state index is 0.0864. The average molecular weight is 254 g/mol. The number of amides is 1. The summed E-state index contributed by atoms with van der Waals surface area (Å²) in [6.45, 7) is 3.90. The molecule has 1 atom stereocenters. The van der Waals surface area contributed by atoms with Gasteiger partial charge in [0.1, 0.15) is 5.51 Å². The van der Waals surface area contributed by atoms with Crippen LogP contribution in [0.2, 0.25) is 0 Å². The fourth-order valence-electron chi connectivity index (χ4n) is 2.42. The first-order chi connectivity index (χ1) is 8.27. The van der Waals surface area contributed by atoms with Crippen LogP contribution in [0.4, 0.5) is 5.13 Å². The SMILES string of the molecule is CCCC1(C(=O)Nc2nncs2)CCCNC1. The van der Waals surface area contributed by atoms with E-state index in [-0.39, 0.29) is 11.3 Å². The van der Waals surface area contributed by atoms with Crippen molar-refractivity contribution in [1.29, 1.82) is 0 Å². The van der Waals surface area contributed by atoms with Crippen molar-refractivity contribution in [3.63, 3.8) is 0 Å². The molecule has 6 heteroatoms. The zero-order chi connectivity index (χ0) is 12.1. The van der Waals surface area contributed by atoms with Gasteiger partial charge in [0.25, 0.3) is 0 Å². The molecule has 0 radical (unpaired) electrons. The molecule has 2 rings (SSSR count). The van der Waals surface area contributed by atoms with Gasteiger partial charge < -0.3 is 10.6 Å². The number of carbonyl (C=O) groups excluding carboxylic acids is 1. The van der Waals surface area contributed by atoms with E-state index < -0.39 is 0 Å². The van der Waals surface area contributed by atoms with Gasteiger partial charge in [0.05, 0.1) is 5.41 Å². The number of carbonyl (C=O) groups is 1. The number of rotatable bonds is 4. The lowest BCUT2D eigenvalue weighted by Crippen LogP contribution is -2.48. The Morgan fingerprint density at radius 2 is 2.59 bits per heavy atom. The van der Waals surface area contributed by atoms with Crippen molar-refractivity contribution in [2.75, 3.05) is 18.4 Å². The van der Waals surface area contributed by atoms with E-state index in [1.807, 2.05) is 0 Å². The van der Waals surface area contributed by atoms with Crippen LogP contribution in [0.5, 0.6) is 0 Å². The summed E-state index contributed by atoms with van der Waals surface area (Å²) in [4.78, 5) is 12.4. The number of piperidine rings is 1. The summed E-state index contributed by atoms with van der Waals surface area (Å²) < 4.78 is 0. The molecular weight excluding hydrogens is 236 g/mol. The summed E-state index contributed by atoms with van der Waals surface area (Å²) in [6, 6.07) is 0. The predicted octanol–water partition coefficient (Wildman–Crippen LogP) is 1.65. The van der Waals surface area contributed by atoms with Gasteiger partial charge in [0.15, 0.2) is 0 Å². The first-order valence-electron chi connectivity index (χ1n) is 6.05. The van der Waals surface area contributed by atoms with Gasteiger partial charge in [-0.25, -0.2) is 0 Å². The summed E-state index contributed by atoms with van der Waals surface area (Å²) in [7, 11) is 0. The number of aromatic nitrogens is 2. The zero-order valence-electron chi connectivity index (χ0n) is 10.0. The summed E-state index contributed by atoms with van der Waals surface area (Å²) >= 11 is 1.36. The highest BCUT2D eigenvalue weighted by Gasteiger charge is 2.38. The van der Waals surface area contributed by atoms with Gasteiger partial charge in [0, 0.05) is 6.54 Å². The third-order valence-electron chi connectivity index (χ3n) is 3.26. The quantitative estimate of drug-likeness (QED) is 0.857. The Morgan fingerprint density at radius 3 is 3.18 bits per heavy atom. The molecule has 1 fully saturated rings. The van der Waals surface area contributed by atoms with Crippen LogP contribution >= 0.6 is 11.3 Å². The lowest BCUT2D eigenvalue weighted by Gasteiger charge is -2.35. The van der Waals surface area contributed by atoms with E-state index in [9.17, 15) is 4.79 Å². The van der Waals surface area contributed by atoms with Crippen molar-refractivity contribution in [3.8, 4) is 0 Å². The maximum atomic E-state index is 12.4. The van der Waals surface area contributed by atoms with Crippen molar-refractivity contribution in [1.82, 2.24) is 15.5 Å². The Morgan fingerprint density at radius 1 is 1.71 bits per heavy atom. The van der Waals surface area contributed by atoms with Crippen LogP contribution in [0.25, 0.3) is 0 Å². The molecule has 0 spiro atoms. The number of nitrogens with one attached hydrogen (secondary N) is 2. The first-order valence-corrected chi connectivity index (χ1v) is 6.93. The molecule has 2 heterocycles. The number of anilines is 1. The Kier molecular flexibility index (Phi) is 4.06. The molecule has 0 aromatic carbocycles. The van der Waals surface area contributed by atoms with Crippen molar-refractivity contribution in [2.45, 2.75) is 32.6 Å². The number of hydrogen-bond donors (Lipinski definition) is 2. The molecule has 1 unspecified atom stereocenters. The smallest absolute Gasteiger partial charge is 0.233 e. The van der Waals surface area contributed by atoms with Crippen molar-refractivity contribution in [3.05, 3.63) is 5.51 Å². The monoisotopic (exact) mass is 254 g/mol. The second kappa shape index (κ2) is 5.55. The van der Waals surface area contributed by atoms with Crippen LogP contribution in [-0.4, -0.2) is 29.2 Å². The van der Waals surface area contributed by atoms with Crippen LogP contribution in [0.15, 0.2) is 5.51 Å². The molecule has 5 nitrogen and oxygen atoms in total. The van der Waals surface area contributed by atoms with Gasteiger partial charge >= 0.3 is 0 Å². The van der Waals surface area contributed by atoms with Crippen LogP contribution in [0.3, 0.4) is 0 Å². The Bertz CT molecular complexity index is 354. The highest BCUT2D eigenvalue weighted by Crippen LogP contribution is 2.33. The maximum absolute atomic E-state index is 12.4. The fourth-order valence-corrected chi connectivity index (χ4v) is 2.86. The fraction of sp³-hybridized carbons (Fsp3) is 0.727. The van der Waals surface area contributed by atoms with Crippen molar-refractivity contribution < 1.29 is 4.79 Å². The maximum Gasteiger partial charge on any atom is 0.233 e. The predicted molar refractivity (Wildman–Crippen MR) is 68.0 cm³/mol. The molecule has 1 saturated heterocycles. The molecule has 17 heavy (non-hydrogen) atoms. The molecule has 1 aliphatic rings. The highest BCUT2D eigenvalue weighted by molar-refractivity contribution is 7.13. The molecule has 2 N–H and O–H groups in total. The van der Waals surface area contributed by atoms with Gasteiger partial charge in [-0.05, 0) is 25.8 Å². The highest BCUT2D eigenvalue weighted by atomic mass is 32.1. The second-order valence-corrected chi connectivity index (χ2v) is 5.34. The summed E-state index contributed by atoms with van der Waals surface area (Å²) in [5.41, 5.74) is 1.36. The summed E-state index contributed by atoms with van der Waals surface area (Å²) in [6.07, 6.45) is 3.96. The van der Waals surface area contributed by atoms with Gasteiger partial charge in [-0.1, -0.05) is 24.7 Å². The normalized spacial score (nSPS) is 24.5. The minimum atomic E-state index is -0.265. The lowest BCUT2D eigenvalue weighted by molar-refractivity contribution is -0.127. The number of hydrogen-bond acceptors (Lipinski definition) is 5. The van der Waals surface area contributed by atoms with Gasteiger partial charge in [-0.2, -0.15) is 0 Å². The van der Waals surface area contributed by atoms with Gasteiger partial charge in [-0.3, -0.25) is 4.79 Å². The minimum Gasteiger partial charge on any atom is -0.316 e. The zero-order valence-corrected chi connectivity index (χ0v) is 10.8. The molecule has 0 saturated carbocycles.